The van der Waals surface area contributed by atoms with Gasteiger partial charge in [-0.05, 0) is 19.4 Å². The summed E-state index contributed by atoms with van der Waals surface area (Å²) in [5.41, 5.74) is 0. The molecule has 1 fully saturated rings. The summed E-state index contributed by atoms with van der Waals surface area (Å²) in [7, 11) is 2.11. The molecule has 0 aromatic heterocycles. The summed E-state index contributed by atoms with van der Waals surface area (Å²) in [6.45, 7) is 1.05. The van der Waals surface area contributed by atoms with Crippen molar-refractivity contribution in [3.8, 4) is 0 Å². The van der Waals surface area contributed by atoms with Crippen LogP contribution in [0.4, 0.5) is 0 Å². The fourth-order valence-corrected chi connectivity index (χ4v) is 1.97. The summed E-state index contributed by atoms with van der Waals surface area (Å²) >= 11 is 0. The molecule has 3 atom stereocenters. The minimum Gasteiger partial charge on any atom is -0.391 e. The highest BCUT2D eigenvalue weighted by Crippen LogP contribution is 2.17. The Morgan fingerprint density at radius 2 is 2.64 bits per heavy atom. The SMILES string of the molecule is COPC[C@@H](O)[C@@H]1CCCN1. The van der Waals surface area contributed by atoms with Gasteiger partial charge >= 0.3 is 0 Å². The zero-order valence-corrected chi connectivity index (χ0v) is 7.84. The molecule has 2 N–H and O–H groups in total. The average Bonchev–Trinajstić information content (AvgIpc) is 2.52. The van der Waals surface area contributed by atoms with Gasteiger partial charge in [-0.3, -0.25) is 0 Å². The van der Waals surface area contributed by atoms with Gasteiger partial charge in [-0.1, -0.05) is 0 Å². The van der Waals surface area contributed by atoms with E-state index in [0.29, 0.717) is 14.8 Å². The van der Waals surface area contributed by atoms with Crippen molar-refractivity contribution >= 4 is 8.81 Å². The maximum Gasteiger partial charge on any atom is 0.0751 e. The van der Waals surface area contributed by atoms with Gasteiger partial charge in [-0.25, -0.2) is 0 Å². The fraction of sp³-hybridized carbons (Fsp3) is 1.00. The number of hydrogen-bond acceptors (Lipinski definition) is 3. The lowest BCUT2D eigenvalue weighted by molar-refractivity contribution is 0.156. The fourth-order valence-electron chi connectivity index (χ4n) is 1.35. The smallest absolute Gasteiger partial charge is 0.0751 e. The van der Waals surface area contributed by atoms with E-state index in [0.717, 1.165) is 19.1 Å². The molecule has 4 heteroatoms. The summed E-state index contributed by atoms with van der Waals surface area (Å²) in [5, 5.41) is 12.8. The van der Waals surface area contributed by atoms with Crippen molar-refractivity contribution in [3.05, 3.63) is 0 Å². The van der Waals surface area contributed by atoms with Gasteiger partial charge < -0.3 is 14.9 Å². The van der Waals surface area contributed by atoms with Crippen molar-refractivity contribution in [2.24, 2.45) is 0 Å². The van der Waals surface area contributed by atoms with Crippen LogP contribution in [0.5, 0.6) is 0 Å². The van der Waals surface area contributed by atoms with Crippen LogP contribution in [0.3, 0.4) is 0 Å². The van der Waals surface area contributed by atoms with Gasteiger partial charge in [0.05, 0.1) is 6.10 Å². The predicted molar refractivity (Wildman–Crippen MR) is 47.2 cm³/mol. The molecule has 1 rings (SSSR count). The highest BCUT2D eigenvalue weighted by atomic mass is 31.1. The second kappa shape index (κ2) is 5.04. The zero-order chi connectivity index (χ0) is 8.10. The molecule has 66 valence electrons. The van der Waals surface area contributed by atoms with Crippen LogP contribution in [-0.4, -0.2) is 37.1 Å². The van der Waals surface area contributed by atoms with Crippen LogP contribution >= 0.6 is 8.81 Å². The molecular weight excluding hydrogens is 161 g/mol. The van der Waals surface area contributed by atoms with Gasteiger partial charge in [0.2, 0.25) is 0 Å². The molecular formula is C7H16NO2P. The molecule has 0 bridgehead atoms. The minimum atomic E-state index is -0.212. The summed E-state index contributed by atoms with van der Waals surface area (Å²) < 4.78 is 4.91. The molecule has 0 amide bonds. The van der Waals surface area contributed by atoms with Crippen LogP contribution in [0.25, 0.3) is 0 Å². The first kappa shape index (κ1) is 9.40. The Kier molecular flexibility index (Phi) is 4.31. The van der Waals surface area contributed by atoms with E-state index < -0.39 is 0 Å². The highest BCUT2D eigenvalue weighted by molar-refractivity contribution is 7.32. The number of aliphatic hydroxyl groups is 1. The van der Waals surface area contributed by atoms with Crippen molar-refractivity contribution in [2.75, 3.05) is 19.8 Å². The molecule has 0 saturated carbocycles. The van der Waals surface area contributed by atoms with Gasteiger partial charge in [0, 0.05) is 28.1 Å². The molecule has 1 heterocycles. The van der Waals surface area contributed by atoms with Gasteiger partial charge in [0.25, 0.3) is 0 Å². The molecule has 0 aromatic rings. The summed E-state index contributed by atoms with van der Waals surface area (Å²) in [6, 6.07) is 0.317. The van der Waals surface area contributed by atoms with Gasteiger partial charge in [0.1, 0.15) is 0 Å². The molecule has 1 aliphatic heterocycles. The van der Waals surface area contributed by atoms with E-state index in [1.54, 1.807) is 7.11 Å². The summed E-state index contributed by atoms with van der Waals surface area (Å²) in [4.78, 5) is 0. The Hall–Kier alpha value is 0.310. The number of aliphatic hydroxyl groups excluding tert-OH is 1. The topological polar surface area (TPSA) is 41.5 Å². The van der Waals surface area contributed by atoms with Gasteiger partial charge in [-0.15, -0.1) is 0 Å². The van der Waals surface area contributed by atoms with Crippen molar-refractivity contribution in [2.45, 2.75) is 25.0 Å². The molecule has 3 nitrogen and oxygen atoms in total. The van der Waals surface area contributed by atoms with E-state index >= 15 is 0 Å². The van der Waals surface area contributed by atoms with Crippen molar-refractivity contribution < 1.29 is 9.63 Å². The van der Waals surface area contributed by atoms with Crippen molar-refractivity contribution in [1.82, 2.24) is 5.32 Å². The molecule has 1 unspecified atom stereocenters. The van der Waals surface area contributed by atoms with Crippen molar-refractivity contribution in [3.63, 3.8) is 0 Å². The average molecular weight is 177 g/mol. The van der Waals surface area contributed by atoms with Crippen LogP contribution < -0.4 is 5.32 Å². The Labute approximate surface area is 69.4 Å². The molecule has 1 saturated heterocycles. The number of rotatable bonds is 4. The second-order valence-corrected chi connectivity index (χ2v) is 3.93. The van der Waals surface area contributed by atoms with E-state index in [4.69, 9.17) is 4.52 Å². The minimum absolute atomic E-state index is 0.212. The van der Waals surface area contributed by atoms with E-state index in [1.165, 1.54) is 6.42 Å². The first-order valence-electron chi connectivity index (χ1n) is 4.02. The van der Waals surface area contributed by atoms with Crippen LogP contribution in [0.2, 0.25) is 0 Å². The van der Waals surface area contributed by atoms with Crippen LogP contribution in [0.1, 0.15) is 12.8 Å². The Bertz CT molecular complexity index is 107. The summed E-state index contributed by atoms with van der Waals surface area (Å²) in [6.07, 6.45) is 2.86. The van der Waals surface area contributed by atoms with E-state index in [-0.39, 0.29) is 6.10 Å². The molecule has 11 heavy (non-hydrogen) atoms. The van der Waals surface area contributed by atoms with E-state index in [2.05, 4.69) is 5.32 Å². The molecule has 0 aromatic carbocycles. The third-order valence-electron chi connectivity index (χ3n) is 2.00. The number of hydrogen-bond donors (Lipinski definition) is 2. The zero-order valence-electron chi connectivity index (χ0n) is 6.84. The van der Waals surface area contributed by atoms with Crippen LogP contribution in [0.15, 0.2) is 0 Å². The predicted octanol–water partition coefficient (Wildman–Crippen LogP) is 0.339. The van der Waals surface area contributed by atoms with Crippen LogP contribution in [0, 0.1) is 0 Å². The third-order valence-corrected chi connectivity index (χ3v) is 2.87. The highest BCUT2D eigenvalue weighted by Gasteiger charge is 2.21. The lowest BCUT2D eigenvalue weighted by atomic mass is 10.1. The summed E-state index contributed by atoms with van der Waals surface area (Å²) in [5.74, 6) is 0. The first-order chi connectivity index (χ1) is 5.34. The standard InChI is InChI=1S/C7H16NO2P/c1-10-11-5-7(9)6-3-2-4-8-6/h6-9,11H,2-5H2,1H3/t6-,7+/m0/s1. The molecule has 0 radical (unpaired) electrons. The lowest BCUT2D eigenvalue weighted by Gasteiger charge is -2.16. The van der Waals surface area contributed by atoms with E-state index in [1.807, 2.05) is 0 Å². The maximum absolute atomic E-state index is 9.54. The molecule has 1 aliphatic rings. The van der Waals surface area contributed by atoms with Gasteiger partial charge in [0.15, 0.2) is 0 Å². The lowest BCUT2D eigenvalue weighted by Crippen LogP contribution is -2.36. The maximum atomic E-state index is 9.54. The molecule has 0 spiro atoms. The second-order valence-electron chi connectivity index (χ2n) is 2.82. The normalized spacial score (nSPS) is 28.4. The largest absolute Gasteiger partial charge is 0.391 e. The number of nitrogens with one attached hydrogen (secondary N) is 1. The monoisotopic (exact) mass is 177 g/mol. The Morgan fingerprint density at radius 1 is 1.82 bits per heavy atom. The first-order valence-corrected chi connectivity index (χ1v) is 5.13. The Morgan fingerprint density at radius 3 is 3.18 bits per heavy atom. The van der Waals surface area contributed by atoms with Crippen LogP contribution in [-0.2, 0) is 4.52 Å². The third kappa shape index (κ3) is 3.04. The van der Waals surface area contributed by atoms with Crippen molar-refractivity contribution in [1.29, 1.82) is 0 Å². The van der Waals surface area contributed by atoms with E-state index in [9.17, 15) is 5.11 Å². The Balaban J connectivity index is 2.12. The van der Waals surface area contributed by atoms with Gasteiger partial charge in [-0.2, -0.15) is 0 Å². The molecule has 0 aliphatic carbocycles. The quantitative estimate of drug-likeness (QED) is 0.608.